The van der Waals surface area contributed by atoms with Crippen molar-refractivity contribution in [3.63, 3.8) is 0 Å². The molecule has 1 saturated heterocycles. The first kappa shape index (κ1) is 14.0. The molecule has 1 rings (SSSR count). The van der Waals surface area contributed by atoms with Gasteiger partial charge >= 0.3 is 0 Å². The minimum atomic E-state index is 0.390. The Balaban J connectivity index is 2.45. The van der Waals surface area contributed by atoms with Gasteiger partial charge in [0.15, 0.2) is 0 Å². The van der Waals surface area contributed by atoms with Crippen LogP contribution in [0.2, 0.25) is 0 Å². The molecular weight excluding hydrogens is 196 g/mol. The van der Waals surface area contributed by atoms with Crippen molar-refractivity contribution in [1.29, 1.82) is 0 Å². The van der Waals surface area contributed by atoms with Crippen LogP contribution in [0.1, 0.15) is 47.5 Å². The number of hydrogen-bond acceptors (Lipinski definition) is 2. The Hall–Kier alpha value is -0.0800. The molecule has 1 N–H and O–H groups in total. The fourth-order valence-electron chi connectivity index (χ4n) is 2.71. The van der Waals surface area contributed by atoms with Crippen LogP contribution in [-0.4, -0.2) is 37.1 Å². The summed E-state index contributed by atoms with van der Waals surface area (Å²) in [4.78, 5) is 2.69. The van der Waals surface area contributed by atoms with Gasteiger partial charge in [-0.05, 0) is 44.2 Å². The highest BCUT2D eigenvalue weighted by Crippen LogP contribution is 2.26. The normalized spacial score (nSPS) is 28.3. The lowest BCUT2D eigenvalue weighted by Crippen LogP contribution is -2.48. The second-order valence-electron chi connectivity index (χ2n) is 6.28. The molecule has 96 valence electrons. The maximum Gasteiger partial charge on any atom is 0.00928 e. The Morgan fingerprint density at radius 3 is 2.62 bits per heavy atom. The van der Waals surface area contributed by atoms with E-state index in [0.29, 0.717) is 5.41 Å². The van der Waals surface area contributed by atoms with E-state index in [1.807, 2.05) is 0 Å². The second-order valence-corrected chi connectivity index (χ2v) is 6.28. The monoisotopic (exact) mass is 226 g/mol. The van der Waals surface area contributed by atoms with Crippen molar-refractivity contribution in [2.45, 2.75) is 53.5 Å². The summed E-state index contributed by atoms with van der Waals surface area (Å²) < 4.78 is 0. The summed E-state index contributed by atoms with van der Waals surface area (Å²) in [5.74, 6) is 0.865. The highest BCUT2D eigenvalue weighted by Gasteiger charge is 2.29. The molecule has 2 nitrogen and oxygen atoms in total. The molecule has 0 bridgehead atoms. The van der Waals surface area contributed by atoms with Gasteiger partial charge in [-0.15, -0.1) is 0 Å². The maximum atomic E-state index is 3.48. The van der Waals surface area contributed by atoms with Crippen LogP contribution >= 0.6 is 0 Å². The van der Waals surface area contributed by atoms with E-state index in [-0.39, 0.29) is 0 Å². The zero-order chi connectivity index (χ0) is 12.2. The second kappa shape index (κ2) is 6.02. The Morgan fingerprint density at radius 1 is 1.31 bits per heavy atom. The third kappa shape index (κ3) is 4.06. The van der Waals surface area contributed by atoms with E-state index < -0.39 is 0 Å². The zero-order valence-electron chi connectivity index (χ0n) is 11.8. The molecule has 16 heavy (non-hydrogen) atoms. The molecule has 2 heteroatoms. The molecule has 1 aliphatic rings. The summed E-state index contributed by atoms with van der Waals surface area (Å²) in [6.45, 7) is 16.5. The van der Waals surface area contributed by atoms with Crippen LogP contribution < -0.4 is 5.32 Å². The van der Waals surface area contributed by atoms with Crippen LogP contribution in [0.4, 0.5) is 0 Å². The van der Waals surface area contributed by atoms with Gasteiger partial charge in [-0.1, -0.05) is 27.7 Å². The first-order chi connectivity index (χ1) is 7.46. The van der Waals surface area contributed by atoms with E-state index in [9.17, 15) is 0 Å². The molecule has 1 fully saturated rings. The summed E-state index contributed by atoms with van der Waals surface area (Å²) >= 11 is 0. The minimum Gasteiger partial charge on any atom is -0.316 e. The van der Waals surface area contributed by atoms with Crippen LogP contribution in [0.3, 0.4) is 0 Å². The largest absolute Gasteiger partial charge is 0.316 e. The van der Waals surface area contributed by atoms with Crippen molar-refractivity contribution in [3.05, 3.63) is 0 Å². The smallest absolute Gasteiger partial charge is 0.00928 e. The van der Waals surface area contributed by atoms with Gasteiger partial charge in [0.2, 0.25) is 0 Å². The van der Waals surface area contributed by atoms with Crippen LogP contribution in [0.5, 0.6) is 0 Å². The van der Waals surface area contributed by atoms with Crippen LogP contribution in [0, 0.1) is 11.3 Å². The first-order valence-electron chi connectivity index (χ1n) is 6.91. The van der Waals surface area contributed by atoms with E-state index in [1.54, 1.807) is 0 Å². The first-order valence-corrected chi connectivity index (χ1v) is 6.91. The number of nitrogens with one attached hydrogen (secondary N) is 1. The molecule has 0 amide bonds. The van der Waals surface area contributed by atoms with E-state index in [2.05, 4.69) is 44.8 Å². The lowest BCUT2D eigenvalue weighted by Gasteiger charge is -2.42. The summed E-state index contributed by atoms with van der Waals surface area (Å²) in [5, 5.41) is 3.48. The van der Waals surface area contributed by atoms with Gasteiger partial charge < -0.3 is 5.32 Å². The molecule has 1 heterocycles. The predicted molar refractivity (Wildman–Crippen MR) is 71.8 cm³/mol. The predicted octanol–water partition coefficient (Wildman–Crippen LogP) is 2.74. The third-order valence-electron chi connectivity index (χ3n) is 3.99. The van der Waals surface area contributed by atoms with Crippen molar-refractivity contribution in [3.8, 4) is 0 Å². The van der Waals surface area contributed by atoms with Gasteiger partial charge in [0.05, 0.1) is 0 Å². The van der Waals surface area contributed by atoms with Crippen LogP contribution in [0.15, 0.2) is 0 Å². The Bertz CT molecular complexity index is 201. The fourth-order valence-corrected chi connectivity index (χ4v) is 2.71. The maximum absolute atomic E-state index is 3.48. The van der Waals surface area contributed by atoms with E-state index >= 15 is 0 Å². The number of hydrogen-bond donors (Lipinski definition) is 1. The van der Waals surface area contributed by atoms with Crippen molar-refractivity contribution < 1.29 is 0 Å². The Morgan fingerprint density at radius 2 is 2.00 bits per heavy atom. The lowest BCUT2D eigenvalue weighted by molar-refractivity contribution is 0.0721. The summed E-state index contributed by atoms with van der Waals surface area (Å²) in [6.07, 6.45) is 2.79. The quantitative estimate of drug-likeness (QED) is 0.775. The van der Waals surface area contributed by atoms with Gasteiger partial charge in [0.25, 0.3) is 0 Å². The van der Waals surface area contributed by atoms with Gasteiger partial charge in [-0.2, -0.15) is 0 Å². The van der Waals surface area contributed by atoms with Crippen molar-refractivity contribution in [1.82, 2.24) is 10.2 Å². The Kier molecular flexibility index (Phi) is 5.26. The van der Waals surface area contributed by atoms with Gasteiger partial charge in [-0.25, -0.2) is 0 Å². The molecule has 0 radical (unpaired) electrons. The molecule has 0 aromatic carbocycles. The standard InChI is InChI=1S/C14H30N2/c1-6-15-10-14(4,5)11-16-9-7-8-12(2)13(16)3/h12-13,15H,6-11H2,1-5H3. The van der Waals surface area contributed by atoms with E-state index in [0.717, 1.165) is 25.0 Å². The van der Waals surface area contributed by atoms with Crippen LogP contribution in [-0.2, 0) is 0 Å². The zero-order valence-corrected chi connectivity index (χ0v) is 11.8. The lowest BCUT2D eigenvalue weighted by atomic mass is 9.87. The molecule has 0 aromatic rings. The number of likely N-dealkylation sites (tertiary alicyclic amines) is 1. The third-order valence-corrected chi connectivity index (χ3v) is 3.99. The van der Waals surface area contributed by atoms with Crippen molar-refractivity contribution in [2.24, 2.45) is 11.3 Å². The highest BCUT2D eigenvalue weighted by molar-refractivity contribution is 4.84. The van der Waals surface area contributed by atoms with Crippen molar-refractivity contribution in [2.75, 3.05) is 26.2 Å². The molecule has 2 unspecified atom stereocenters. The van der Waals surface area contributed by atoms with Crippen molar-refractivity contribution >= 4 is 0 Å². The van der Waals surface area contributed by atoms with Gasteiger partial charge in [0.1, 0.15) is 0 Å². The summed E-state index contributed by atoms with van der Waals surface area (Å²) in [5.41, 5.74) is 0.390. The average Bonchev–Trinajstić information content (AvgIpc) is 2.22. The van der Waals surface area contributed by atoms with Gasteiger partial charge in [-0.3, -0.25) is 4.90 Å². The molecule has 2 atom stereocenters. The number of piperidine rings is 1. The summed E-state index contributed by atoms with van der Waals surface area (Å²) in [7, 11) is 0. The summed E-state index contributed by atoms with van der Waals surface area (Å²) in [6, 6.07) is 0.759. The molecule has 0 spiro atoms. The van der Waals surface area contributed by atoms with E-state index in [1.165, 1.54) is 25.9 Å². The average molecular weight is 226 g/mol. The fraction of sp³-hybridized carbons (Fsp3) is 1.00. The minimum absolute atomic E-state index is 0.390. The topological polar surface area (TPSA) is 15.3 Å². The van der Waals surface area contributed by atoms with Crippen LogP contribution in [0.25, 0.3) is 0 Å². The SMILES string of the molecule is CCNCC(C)(C)CN1CCCC(C)C1C. The highest BCUT2D eigenvalue weighted by atomic mass is 15.2. The van der Waals surface area contributed by atoms with Gasteiger partial charge in [0, 0.05) is 19.1 Å². The molecule has 0 saturated carbocycles. The molecule has 0 aliphatic carbocycles. The molecule has 0 aromatic heterocycles. The number of rotatable bonds is 5. The molecule has 1 aliphatic heterocycles. The number of nitrogens with zero attached hydrogens (tertiary/aromatic N) is 1. The Labute approximate surface area is 102 Å². The molecular formula is C14H30N2. The van der Waals surface area contributed by atoms with E-state index in [4.69, 9.17) is 0 Å².